The van der Waals surface area contributed by atoms with Crippen LogP contribution < -0.4 is 5.32 Å². The van der Waals surface area contributed by atoms with Crippen LogP contribution in [0, 0.1) is 0 Å². The molecule has 0 bridgehead atoms. The van der Waals surface area contributed by atoms with Crippen molar-refractivity contribution in [2.75, 3.05) is 20.1 Å². The van der Waals surface area contributed by atoms with Crippen molar-refractivity contribution in [2.45, 2.75) is 13.0 Å². The lowest BCUT2D eigenvalue weighted by molar-refractivity contribution is -0.122. The lowest BCUT2D eigenvalue weighted by Crippen LogP contribution is -2.40. The van der Waals surface area contributed by atoms with Gasteiger partial charge in [0.25, 0.3) is 5.91 Å². The third kappa shape index (κ3) is 4.28. The molecule has 0 unspecified atom stereocenters. The van der Waals surface area contributed by atoms with Gasteiger partial charge in [0, 0.05) is 13.6 Å². The van der Waals surface area contributed by atoms with Crippen molar-refractivity contribution in [1.29, 1.82) is 0 Å². The number of nitrogens with one attached hydrogen (secondary N) is 1. The number of carbonyl (C=O) groups is 2. The van der Waals surface area contributed by atoms with Crippen LogP contribution in [0.1, 0.15) is 17.5 Å². The Kier molecular flexibility index (Phi) is 4.71. The molecule has 1 aromatic heterocycles. The van der Waals surface area contributed by atoms with Crippen LogP contribution in [0.3, 0.4) is 0 Å². The number of hydrogen-bond donors (Lipinski definition) is 2. The van der Waals surface area contributed by atoms with Crippen LogP contribution in [0.5, 0.6) is 0 Å². The van der Waals surface area contributed by atoms with Crippen LogP contribution in [-0.4, -0.2) is 48.1 Å². The first-order valence-electron chi connectivity index (χ1n) is 5.24. The summed E-state index contributed by atoms with van der Waals surface area (Å²) < 4.78 is 4.93. The molecular weight excluding hydrogens is 224 g/mol. The predicted octanol–water partition coefficient (Wildman–Crippen LogP) is -0.151. The number of furan rings is 1. The Morgan fingerprint density at radius 1 is 1.59 bits per heavy atom. The van der Waals surface area contributed by atoms with Crippen molar-refractivity contribution in [3.05, 3.63) is 24.2 Å². The fraction of sp³-hybridized carbons (Fsp3) is 0.455. The zero-order valence-electron chi connectivity index (χ0n) is 9.84. The van der Waals surface area contributed by atoms with E-state index in [9.17, 15) is 9.59 Å². The molecule has 1 atom stereocenters. The van der Waals surface area contributed by atoms with Gasteiger partial charge in [0.2, 0.25) is 5.91 Å². The third-order valence-corrected chi connectivity index (χ3v) is 2.05. The number of rotatable bonds is 5. The fourth-order valence-electron chi connectivity index (χ4n) is 1.19. The van der Waals surface area contributed by atoms with Crippen LogP contribution in [0.2, 0.25) is 0 Å². The van der Waals surface area contributed by atoms with E-state index < -0.39 is 6.10 Å². The summed E-state index contributed by atoms with van der Waals surface area (Å²) in [6, 6.07) is 3.14. The average molecular weight is 240 g/mol. The van der Waals surface area contributed by atoms with E-state index in [1.165, 1.54) is 24.3 Å². The van der Waals surface area contributed by atoms with Crippen molar-refractivity contribution >= 4 is 11.8 Å². The van der Waals surface area contributed by atoms with Crippen molar-refractivity contribution in [3.63, 3.8) is 0 Å². The third-order valence-electron chi connectivity index (χ3n) is 2.05. The molecule has 0 aromatic carbocycles. The van der Waals surface area contributed by atoms with Crippen molar-refractivity contribution in [2.24, 2.45) is 0 Å². The first kappa shape index (κ1) is 13.2. The molecule has 0 fully saturated rings. The first-order valence-corrected chi connectivity index (χ1v) is 5.24. The summed E-state index contributed by atoms with van der Waals surface area (Å²) in [6.45, 7) is 1.66. The molecule has 0 saturated heterocycles. The van der Waals surface area contributed by atoms with E-state index in [1.807, 2.05) is 0 Å². The smallest absolute Gasteiger partial charge is 0.289 e. The number of nitrogens with zero attached hydrogens (tertiary/aromatic N) is 1. The largest absolute Gasteiger partial charge is 0.459 e. The standard InChI is InChI=1S/C11H16N2O4/c1-8(14)6-12-10(15)7-13(2)11(16)9-4-3-5-17-9/h3-5,8,14H,6-7H2,1-2H3,(H,12,15)/t8-/m0/s1. The molecule has 0 aliphatic carbocycles. The number of amides is 2. The Labute approximate surface area is 99.2 Å². The highest BCUT2D eigenvalue weighted by molar-refractivity contribution is 5.94. The molecule has 0 saturated carbocycles. The summed E-state index contributed by atoms with van der Waals surface area (Å²) in [5.41, 5.74) is 0. The second-order valence-corrected chi connectivity index (χ2v) is 3.79. The van der Waals surface area contributed by atoms with E-state index in [0.29, 0.717) is 0 Å². The zero-order chi connectivity index (χ0) is 12.8. The zero-order valence-corrected chi connectivity index (χ0v) is 9.84. The highest BCUT2D eigenvalue weighted by Gasteiger charge is 2.16. The van der Waals surface area contributed by atoms with Crippen molar-refractivity contribution in [1.82, 2.24) is 10.2 Å². The summed E-state index contributed by atoms with van der Waals surface area (Å²) in [4.78, 5) is 24.3. The van der Waals surface area contributed by atoms with Crippen LogP contribution in [0.25, 0.3) is 0 Å². The minimum atomic E-state index is -0.606. The normalized spacial score (nSPS) is 11.9. The highest BCUT2D eigenvalue weighted by atomic mass is 16.3. The Balaban J connectivity index is 2.41. The SMILES string of the molecule is C[C@H](O)CNC(=O)CN(C)C(=O)c1ccco1. The molecular formula is C11H16N2O4. The molecule has 0 spiro atoms. The fourth-order valence-corrected chi connectivity index (χ4v) is 1.19. The number of carbonyl (C=O) groups excluding carboxylic acids is 2. The number of likely N-dealkylation sites (N-methyl/N-ethyl adjacent to an activating group) is 1. The molecule has 6 heteroatoms. The van der Waals surface area contributed by atoms with Crippen LogP contribution in [0.4, 0.5) is 0 Å². The lowest BCUT2D eigenvalue weighted by atomic mass is 10.3. The maximum Gasteiger partial charge on any atom is 0.289 e. The highest BCUT2D eigenvalue weighted by Crippen LogP contribution is 2.03. The van der Waals surface area contributed by atoms with Gasteiger partial charge >= 0.3 is 0 Å². The van der Waals surface area contributed by atoms with Crippen molar-refractivity contribution in [3.8, 4) is 0 Å². The van der Waals surface area contributed by atoms with Gasteiger partial charge in [0.15, 0.2) is 5.76 Å². The first-order chi connectivity index (χ1) is 8.00. The van der Waals surface area contributed by atoms with Gasteiger partial charge < -0.3 is 19.7 Å². The van der Waals surface area contributed by atoms with Gasteiger partial charge in [0.1, 0.15) is 0 Å². The number of aliphatic hydroxyl groups is 1. The maximum absolute atomic E-state index is 11.7. The Morgan fingerprint density at radius 2 is 2.29 bits per heavy atom. The summed E-state index contributed by atoms with van der Waals surface area (Å²) in [5, 5.41) is 11.5. The lowest BCUT2D eigenvalue weighted by Gasteiger charge is -2.15. The average Bonchev–Trinajstić information content (AvgIpc) is 2.78. The van der Waals surface area contributed by atoms with E-state index >= 15 is 0 Å². The Morgan fingerprint density at radius 3 is 2.82 bits per heavy atom. The van der Waals surface area contributed by atoms with Crippen LogP contribution in [0.15, 0.2) is 22.8 Å². The van der Waals surface area contributed by atoms with Crippen LogP contribution >= 0.6 is 0 Å². The summed E-state index contributed by atoms with van der Waals surface area (Å²) in [6.07, 6.45) is 0.791. The van der Waals surface area contributed by atoms with E-state index in [-0.39, 0.29) is 30.7 Å². The maximum atomic E-state index is 11.7. The molecule has 94 valence electrons. The minimum Gasteiger partial charge on any atom is -0.459 e. The Hall–Kier alpha value is -1.82. The van der Waals surface area contributed by atoms with Gasteiger partial charge in [-0.25, -0.2) is 0 Å². The van der Waals surface area contributed by atoms with Gasteiger partial charge in [-0.3, -0.25) is 9.59 Å². The molecule has 0 radical (unpaired) electrons. The van der Waals surface area contributed by atoms with Gasteiger partial charge in [-0.05, 0) is 19.1 Å². The molecule has 17 heavy (non-hydrogen) atoms. The number of aliphatic hydroxyl groups excluding tert-OH is 1. The monoisotopic (exact) mass is 240 g/mol. The summed E-state index contributed by atoms with van der Waals surface area (Å²) >= 11 is 0. The van der Waals surface area contributed by atoms with Gasteiger partial charge in [-0.2, -0.15) is 0 Å². The second kappa shape index (κ2) is 6.05. The molecule has 1 rings (SSSR count). The summed E-state index contributed by atoms with van der Waals surface area (Å²) in [7, 11) is 1.51. The van der Waals surface area contributed by atoms with E-state index in [0.717, 1.165) is 0 Å². The van der Waals surface area contributed by atoms with Crippen LogP contribution in [-0.2, 0) is 4.79 Å². The quantitative estimate of drug-likeness (QED) is 0.749. The van der Waals surface area contributed by atoms with Gasteiger partial charge in [0.05, 0.1) is 18.9 Å². The molecule has 0 aliphatic rings. The molecule has 6 nitrogen and oxygen atoms in total. The van der Waals surface area contributed by atoms with E-state index in [4.69, 9.17) is 9.52 Å². The molecule has 0 aliphatic heterocycles. The summed E-state index contributed by atoms with van der Waals surface area (Å²) in [5.74, 6) is -0.494. The Bertz CT molecular complexity index is 373. The van der Waals surface area contributed by atoms with Crippen molar-refractivity contribution < 1.29 is 19.1 Å². The minimum absolute atomic E-state index is 0.0771. The molecule has 2 amide bonds. The molecule has 2 N–H and O–H groups in total. The topological polar surface area (TPSA) is 82.8 Å². The number of hydrogen-bond acceptors (Lipinski definition) is 4. The van der Waals surface area contributed by atoms with E-state index in [1.54, 1.807) is 13.0 Å². The molecule has 1 heterocycles. The van der Waals surface area contributed by atoms with E-state index in [2.05, 4.69) is 5.32 Å². The molecule has 1 aromatic rings. The van der Waals surface area contributed by atoms with Gasteiger partial charge in [-0.15, -0.1) is 0 Å². The predicted molar refractivity (Wildman–Crippen MR) is 60.4 cm³/mol. The second-order valence-electron chi connectivity index (χ2n) is 3.79. The van der Waals surface area contributed by atoms with Gasteiger partial charge in [-0.1, -0.05) is 0 Å².